The number of nitrogens with one attached hydrogen (secondary N) is 1. The minimum absolute atomic E-state index is 0.0424. The van der Waals surface area contributed by atoms with Crippen molar-refractivity contribution in [2.24, 2.45) is 0 Å². The SMILES string of the molecule is O=C(CNC(=O)c1ccc(Cl)cc1Cl)OCc1cc(Cl)cc2c1OCOC2. The maximum absolute atomic E-state index is 12.1. The van der Waals surface area contributed by atoms with Gasteiger partial charge in [0.2, 0.25) is 0 Å². The van der Waals surface area contributed by atoms with E-state index in [1.807, 2.05) is 0 Å². The number of hydrogen-bond donors (Lipinski definition) is 1. The zero-order valence-electron chi connectivity index (χ0n) is 13.9. The molecule has 0 aromatic heterocycles. The van der Waals surface area contributed by atoms with Crippen molar-refractivity contribution in [3.63, 3.8) is 0 Å². The molecule has 0 aliphatic carbocycles. The molecule has 0 bridgehead atoms. The number of rotatable bonds is 5. The number of carbonyl (C=O) groups is 2. The zero-order chi connectivity index (χ0) is 19.4. The molecule has 142 valence electrons. The Morgan fingerprint density at radius 1 is 1.11 bits per heavy atom. The van der Waals surface area contributed by atoms with E-state index in [0.29, 0.717) is 28.0 Å². The van der Waals surface area contributed by atoms with E-state index in [9.17, 15) is 9.59 Å². The third kappa shape index (κ3) is 5.05. The number of hydrogen-bond acceptors (Lipinski definition) is 5. The lowest BCUT2D eigenvalue weighted by Gasteiger charge is -2.21. The van der Waals surface area contributed by atoms with E-state index in [1.54, 1.807) is 12.1 Å². The van der Waals surface area contributed by atoms with Gasteiger partial charge < -0.3 is 19.5 Å². The monoisotopic (exact) mass is 429 g/mol. The van der Waals surface area contributed by atoms with Gasteiger partial charge in [0.1, 0.15) is 18.9 Å². The van der Waals surface area contributed by atoms with Gasteiger partial charge in [-0.3, -0.25) is 9.59 Å². The number of halogens is 3. The van der Waals surface area contributed by atoms with Gasteiger partial charge in [0, 0.05) is 21.2 Å². The molecule has 0 saturated carbocycles. The maximum Gasteiger partial charge on any atom is 0.325 e. The number of amides is 1. The summed E-state index contributed by atoms with van der Waals surface area (Å²) in [6, 6.07) is 7.85. The number of ether oxygens (including phenoxy) is 3. The van der Waals surface area contributed by atoms with Crippen molar-refractivity contribution in [1.82, 2.24) is 5.32 Å². The van der Waals surface area contributed by atoms with Crippen molar-refractivity contribution in [3.05, 3.63) is 62.1 Å². The molecule has 0 radical (unpaired) electrons. The molecule has 6 nitrogen and oxygen atoms in total. The van der Waals surface area contributed by atoms with E-state index in [2.05, 4.69) is 5.32 Å². The van der Waals surface area contributed by atoms with Crippen LogP contribution in [0.15, 0.2) is 30.3 Å². The molecule has 9 heteroatoms. The summed E-state index contributed by atoms with van der Waals surface area (Å²) in [7, 11) is 0. The van der Waals surface area contributed by atoms with Crippen LogP contribution in [0.3, 0.4) is 0 Å². The van der Waals surface area contributed by atoms with Gasteiger partial charge >= 0.3 is 5.97 Å². The van der Waals surface area contributed by atoms with Crippen LogP contribution >= 0.6 is 34.8 Å². The van der Waals surface area contributed by atoms with Gasteiger partial charge in [-0.1, -0.05) is 34.8 Å². The zero-order valence-corrected chi connectivity index (χ0v) is 16.2. The summed E-state index contributed by atoms with van der Waals surface area (Å²) < 4.78 is 15.9. The highest BCUT2D eigenvalue weighted by Crippen LogP contribution is 2.32. The van der Waals surface area contributed by atoms with Crippen molar-refractivity contribution < 1.29 is 23.8 Å². The van der Waals surface area contributed by atoms with Crippen molar-refractivity contribution in [2.75, 3.05) is 13.3 Å². The van der Waals surface area contributed by atoms with Crippen LogP contribution in [0.4, 0.5) is 0 Å². The molecule has 1 aliphatic rings. The molecular weight excluding hydrogens is 417 g/mol. The van der Waals surface area contributed by atoms with Crippen LogP contribution in [0, 0.1) is 0 Å². The Bertz CT molecular complexity index is 888. The molecule has 1 heterocycles. The van der Waals surface area contributed by atoms with Gasteiger partial charge in [-0.05, 0) is 30.3 Å². The van der Waals surface area contributed by atoms with Gasteiger partial charge in [0.15, 0.2) is 6.79 Å². The van der Waals surface area contributed by atoms with Crippen LogP contribution in [0.1, 0.15) is 21.5 Å². The van der Waals surface area contributed by atoms with Crippen LogP contribution in [0.2, 0.25) is 15.1 Å². The molecule has 1 N–H and O–H groups in total. The Labute approximate surface area is 170 Å². The average molecular weight is 431 g/mol. The van der Waals surface area contributed by atoms with Crippen molar-refractivity contribution in [2.45, 2.75) is 13.2 Å². The topological polar surface area (TPSA) is 73.9 Å². The number of esters is 1. The Kier molecular flexibility index (Phi) is 6.44. The number of fused-ring (bicyclic) bond motifs is 1. The first-order chi connectivity index (χ1) is 12.9. The molecular formula is C18H14Cl3NO5. The predicted octanol–water partition coefficient (Wildman–Crippen LogP) is 3.99. The standard InChI is InChI=1S/C18H14Cl3NO5/c19-12-1-2-14(15(21)5-12)18(24)22-6-16(23)26-8-11-4-13(20)3-10-7-25-9-27-17(10)11/h1-5H,6-9H2,(H,22,24). The third-order valence-electron chi connectivity index (χ3n) is 3.71. The second-order valence-corrected chi connectivity index (χ2v) is 6.91. The third-order valence-corrected chi connectivity index (χ3v) is 4.48. The summed E-state index contributed by atoms with van der Waals surface area (Å²) in [6.45, 7) is 0.131. The highest BCUT2D eigenvalue weighted by Gasteiger charge is 2.18. The van der Waals surface area contributed by atoms with Crippen LogP contribution < -0.4 is 10.1 Å². The summed E-state index contributed by atoms with van der Waals surface area (Å²) in [5.41, 5.74) is 1.62. The molecule has 0 unspecified atom stereocenters. The Morgan fingerprint density at radius 2 is 1.93 bits per heavy atom. The van der Waals surface area contributed by atoms with Crippen LogP contribution in [0.25, 0.3) is 0 Å². The fourth-order valence-electron chi connectivity index (χ4n) is 2.49. The summed E-state index contributed by atoms with van der Waals surface area (Å²) in [5.74, 6) is -0.529. The van der Waals surface area contributed by atoms with Gasteiger partial charge in [-0.15, -0.1) is 0 Å². The Morgan fingerprint density at radius 3 is 2.70 bits per heavy atom. The summed E-state index contributed by atoms with van der Waals surface area (Å²) in [6.07, 6.45) is 0. The lowest BCUT2D eigenvalue weighted by atomic mass is 10.1. The highest BCUT2D eigenvalue weighted by molar-refractivity contribution is 6.36. The van der Waals surface area contributed by atoms with Gasteiger partial charge in [0.25, 0.3) is 5.91 Å². The van der Waals surface area contributed by atoms with Gasteiger partial charge in [-0.25, -0.2) is 0 Å². The first-order valence-corrected chi connectivity index (χ1v) is 8.98. The summed E-state index contributed by atoms with van der Waals surface area (Å²) >= 11 is 17.8. The minimum atomic E-state index is -0.616. The van der Waals surface area contributed by atoms with Crippen LogP contribution in [0.5, 0.6) is 5.75 Å². The van der Waals surface area contributed by atoms with Crippen molar-refractivity contribution in [1.29, 1.82) is 0 Å². The lowest BCUT2D eigenvalue weighted by Crippen LogP contribution is -2.30. The predicted molar refractivity (Wildman–Crippen MR) is 100 cm³/mol. The molecule has 1 amide bonds. The van der Waals surface area contributed by atoms with E-state index in [0.717, 1.165) is 5.56 Å². The lowest BCUT2D eigenvalue weighted by molar-refractivity contribution is -0.143. The second kappa shape index (κ2) is 8.80. The molecule has 27 heavy (non-hydrogen) atoms. The smallest absolute Gasteiger partial charge is 0.325 e. The molecule has 3 rings (SSSR count). The van der Waals surface area contributed by atoms with Crippen LogP contribution in [-0.2, 0) is 27.5 Å². The summed E-state index contributed by atoms with van der Waals surface area (Å²) in [4.78, 5) is 24.0. The fraction of sp³-hybridized carbons (Fsp3) is 0.222. The van der Waals surface area contributed by atoms with Gasteiger partial charge in [0.05, 0.1) is 17.2 Å². The van der Waals surface area contributed by atoms with E-state index in [-0.39, 0.29) is 30.5 Å². The number of benzene rings is 2. The molecule has 0 saturated heterocycles. The largest absolute Gasteiger partial charge is 0.467 e. The first kappa shape index (κ1) is 19.8. The fourth-order valence-corrected chi connectivity index (χ4v) is 3.25. The maximum atomic E-state index is 12.1. The molecule has 0 spiro atoms. The normalized spacial score (nSPS) is 12.7. The van der Waals surface area contributed by atoms with Crippen LogP contribution in [-0.4, -0.2) is 25.2 Å². The quantitative estimate of drug-likeness (QED) is 0.726. The van der Waals surface area contributed by atoms with Crippen molar-refractivity contribution >= 4 is 46.7 Å². The summed E-state index contributed by atoms with van der Waals surface area (Å²) in [5, 5.41) is 3.54. The van der Waals surface area contributed by atoms with Gasteiger partial charge in [-0.2, -0.15) is 0 Å². The first-order valence-electron chi connectivity index (χ1n) is 7.85. The molecule has 0 fully saturated rings. The molecule has 0 atom stereocenters. The molecule has 2 aromatic carbocycles. The average Bonchev–Trinajstić information content (AvgIpc) is 2.64. The van der Waals surface area contributed by atoms with E-state index >= 15 is 0 Å². The number of carbonyl (C=O) groups excluding carboxylic acids is 2. The van der Waals surface area contributed by atoms with E-state index < -0.39 is 11.9 Å². The van der Waals surface area contributed by atoms with Crippen molar-refractivity contribution in [3.8, 4) is 5.75 Å². The van der Waals surface area contributed by atoms with E-state index in [4.69, 9.17) is 49.0 Å². The van der Waals surface area contributed by atoms with E-state index in [1.165, 1.54) is 18.2 Å². The molecule has 1 aliphatic heterocycles. The Balaban J connectivity index is 1.56. The molecule has 2 aromatic rings. The Hall–Kier alpha value is -1.99. The minimum Gasteiger partial charge on any atom is -0.467 e. The highest BCUT2D eigenvalue weighted by atomic mass is 35.5. The second-order valence-electron chi connectivity index (χ2n) is 5.63.